The van der Waals surface area contributed by atoms with Crippen LogP contribution >= 0.6 is 0 Å². The molecule has 164 valence electrons. The molecule has 0 bridgehead atoms. The maximum Gasteiger partial charge on any atom is 0.224 e. The van der Waals surface area contributed by atoms with E-state index in [1.807, 2.05) is 60.7 Å². The summed E-state index contributed by atoms with van der Waals surface area (Å²) in [6.45, 7) is 4.13. The monoisotopic (exact) mass is 428 g/mol. The Labute approximate surface area is 188 Å². The number of unbranched alkanes of at least 4 members (excludes halogenated alkanes) is 1. The molecule has 0 saturated carbocycles. The van der Waals surface area contributed by atoms with Gasteiger partial charge in [0.05, 0.1) is 6.54 Å². The van der Waals surface area contributed by atoms with Crippen LogP contribution in [0.1, 0.15) is 31.1 Å². The molecule has 2 aromatic carbocycles. The lowest BCUT2D eigenvalue weighted by Crippen LogP contribution is -2.07. The highest BCUT2D eigenvalue weighted by molar-refractivity contribution is 5.58. The Kier molecular flexibility index (Phi) is 7.37. The highest BCUT2D eigenvalue weighted by atomic mass is 16.5. The first-order chi connectivity index (χ1) is 15.8. The number of rotatable bonds is 11. The van der Waals surface area contributed by atoms with Crippen LogP contribution in [0.4, 0.5) is 11.8 Å². The molecule has 0 radical (unpaired) electrons. The van der Waals surface area contributed by atoms with Crippen molar-refractivity contribution in [3.63, 3.8) is 0 Å². The Hall–Kier alpha value is -3.80. The number of ether oxygens (including phenoxy) is 1. The van der Waals surface area contributed by atoms with Crippen LogP contribution in [0.15, 0.2) is 83.4 Å². The highest BCUT2D eigenvalue weighted by Gasteiger charge is 2.06. The topological polar surface area (TPSA) is 72.2 Å². The zero-order chi connectivity index (χ0) is 22.0. The van der Waals surface area contributed by atoms with E-state index < -0.39 is 0 Å². The van der Waals surface area contributed by atoms with Gasteiger partial charge < -0.3 is 19.8 Å². The van der Waals surface area contributed by atoms with Crippen molar-refractivity contribution in [1.29, 1.82) is 0 Å². The number of aromatic nitrogens is 2. The maximum atomic E-state index is 6.01. The molecule has 0 saturated heterocycles. The van der Waals surface area contributed by atoms with Gasteiger partial charge in [-0.1, -0.05) is 43.7 Å². The van der Waals surface area contributed by atoms with Crippen LogP contribution in [0, 0.1) is 0 Å². The average molecular weight is 429 g/mol. The molecule has 2 aromatic heterocycles. The molecule has 0 aliphatic carbocycles. The fourth-order valence-electron chi connectivity index (χ4n) is 3.18. The predicted molar refractivity (Wildman–Crippen MR) is 128 cm³/mol. The van der Waals surface area contributed by atoms with Crippen molar-refractivity contribution in [2.24, 2.45) is 0 Å². The highest BCUT2D eigenvalue weighted by Crippen LogP contribution is 2.25. The van der Waals surface area contributed by atoms with Crippen molar-refractivity contribution in [2.45, 2.75) is 32.9 Å². The van der Waals surface area contributed by atoms with Crippen LogP contribution in [0.2, 0.25) is 0 Å². The number of hydrogen-bond acceptors (Lipinski definition) is 6. The maximum absolute atomic E-state index is 6.01. The molecule has 32 heavy (non-hydrogen) atoms. The molecule has 0 fully saturated rings. The van der Waals surface area contributed by atoms with Crippen molar-refractivity contribution in [2.75, 3.05) is 17.2 Å². The SMILES string of the molecule is CCCCNc1nccc(NCc2ccc(-c3ccc(OCc4ccccc4)cc3)o2)n1. The largest absolute Gasteiger partial charge is 0.489 e. The van der Waals surface area contributed by atoms with Crippen molar-refractivity contribution < 1.29 is 9.15 Å². The number of nitrogens with one attached hydrogen (secondary N) is 2. The minimum absolute atomic E-state index is 0.545. The van der Waals surface area contributed by atoms with Gasteiger partial charge in [-0.05, 0) is 54.4 Å². The van der Waals surface area contributed by atoms with E-state index in [2.05, 4.69) is 39.7 Å². The number of hydrogen-bond donors (Lipinski definition) is 2. The van der Waals surface area contributed by atoms with E-state index in [1.165, 1.54) is 0 Å². The second-order valence-electron chi connectivity index (χ2n) is 7.46. The lowest BCUT2D eigenvalue weighted by atomic mass is 10.2. The van der Waals surface area contributed by atoms with Gasteiger partial charge in [0.15, 0.2) is 0 Å². The first-order valence-corrected chi connectivity index (χ1v) is 11.0. The van der Waals surface area contributed by atoms with Gasteiger partial charge in [0.25, 0.3) is 0 Å². The van der Waals surface area contributed by atoms with E-state index in [9.17, 15) is 0 Å². The van der Waals surface area contributed by atoms with E-state index in [0.717, 1.165) is 53.6 Å². The summed E-state index contributed by atoms with van der Waals surface area (Å²) in [5, 5.41) is 6.53. The van der Waals surface area contributed by atoms with Crippen molar-refractivity contribution in [3.8, 4) is 17.1 Å². The van der Waals surface area contributed by atoms with Gasteiger partial charge in [0, 0.05) is 18.3 Å². The Balaban J connectivity index is 1.30. The Bertz CT molecular complexity index is 1090. The molecule has 0 spiro atoms. The standard InChI is InChI=1S/C26H28N4O2/c1-2-3-16-27-26-28-17-15-25(30-26)29-18-23-13-14-24(32-23)21-9-11-22(12-10-21)31-19-20-7-5-4-6-8-20/h4-15,17H,2-3,16,18-19H2,1H3,(H2,27,28,29,30). The smallest absolute Gasteiger partial charge is 0.224 e. The van der Waals surface area contributed by atoms with Gasteiger partial charge in [-0.3, -0.25) is 0 Å². The van der Waals surface area contributed by atoms with E-state index in [4.69, 9.17) is 9.15 Å². The average Bonchev–Trinajstić information content (AvgIpc) is 3.32. The molecule has 6 nitrogen and oxygen atoms in total. The van der Waals surface area contributed by atoms with Gasteiger partial charge in [-0.2, -0.15) is 4.98 Å². The summed E-state index contributed by atoms with van der Waals surface area (Å²) in [7, 11) is 0. The first kappa shape index (κ1) is 21.4. The molecule has 2 N–H and O–H groups in total. The fraction of sp³-hybridized carbons (Fsp3) is 0.231. The van der Waals surface area contributed by atoms with Crippen molar-refractivity contribution >= 4 is 11.8 Å². The molecule has 0 atom stereocenters. The predicted octanol–water partition coefficient (Wildman–Crippen LogP) is 6.14. The van der Waals surface area contributed by atoms with Gasteiger partial charge in [-0.15, -0.1) is 0 Å². The summed E-state index contributed by atoms with van der Waals surface area (Å²) >= 11 is 0. The van der Waals surface area contributed by atoms with E-state index >= 15 is 0 Å². The molecule has 0 amide bonds. The number of furan rings is 1. The molecule has 2 heterocycles. The molecule has 0 unspecified atom stereocenters. The summed E-state index contributed by atoms with van der Waals surface area (Å²) in [6.07, 6.45) is 3.98. The summed E-state index contributed by atoms with van der Waals surface area (Å²) in [6, 6.07) is 23.9. The van der Waals surface area contributed by atoms with Crippen molar-refractivity contribution in [1.82, 2.24) is 9.97 Å². The molecule has 4 aromatic rings. The Morgan fingerprint density at radius 1 is 0.906 bits per heavy atom. The third kappa shape index (κ3) is 6.11. The van der Waals surface area contributed by atoms with E-state index in [1.54, 1.807) is 6.20 Å². The minimum Gasteiger partial charge on any atom is -0.489 e. The van der Waals surface area contributed by atoms with Crippen LogP contribution in [-0.2, 0) is 13.2 Å². The van der Waals surface area contributed by atoms with Gasteiger partial charge in [-0.25, -0.2) is 4.98 Å². The number of anilines is 2. The normalized spacial score (nSPS) is 10.7. The van der Waals surface area contributed by atoms with Crippen LogP contribution in [0.3, 0.4) is 0 Å². The zero-order valence-corrected chi connectivity index (χ0v) is 18.3. The van der Waals surface area contributed by atoms with E-state index in [0.29, 0.717) is 19.1 Å². The lowest BCUT2D eigenvalue weighted by Gasteiger charge is -2.07. The number of nitrogens with zero attached hydrogens (tertiary/aromatic N) is 2. The minimum atomic E-state index is 0.545. The summed E-state index contributed by atoms with van der Waals surface area (Å²) in [4.78, 5) is 8.74. The quantitative estimate of drug-likeness (QED) is 0.280. The second-order valence-corrected chi connectivity index (χ2v) is 7.46. The summed E-state index contributed by atoms with van der Waals surface area (Å²) in [5.74, 6) is 3.89. The Morgan fingerprint density at radius 3 is 2.56 bits per heavy atom. The summed E-state index contributed by atoms with van der Waals surface area (Å²) < 4.78 is 11.9. The molecular weight excluding hydrogens is 400 g/mol. The van der Waals surface area contributed by atoms with E-state index in [-0.39, 0.29) is 0 Å². The third-order valence-electron chi connectivity index (χ3n) is 4.96. The summed E-state index contributed by atoms with van der Waals surface area (Å²) in [5.41, 5.74) is 2.15. The van der Waals surface area contributed by atoms with Gasteiger partial charge in [0.1, 0.15) is 29.7 Å². The molecular formula is C26H28N4O2. The number of benzene rings is 2. The first-order valence-electron chi connectivity index (χ1n) is 11.0. The van der Waals surface area contributed by atoms with Crippen LogP contribution in [-0.4, -0.2) is 16.5 Å². The van der Waals surface area contributed by atoms with Gasteiger partial charge >= 0.3 is 0 Å². The molecule has 0 aliphatic heterocycles. The zero-order valence-electron chi connectivity index (χ0n) is 18.3. The van der Waals surface area contributed by atoms with Crippen molar-refractivity contribution in [3.05, 3.63) is 90.3 Å². The van der Waals surface area contributed by atoms with Crippen LogP contribution < -0.4 is 15.4 Å². The van der Waals surface area contributed by atoms with Gasteiger partial charge in [0.2, 0.25) is 5.95 Å². The fourth-order valence-corrected chi connectivity index (χ4v) is 3.18. The lowest BCUT2D eigenvalue weighted by molar-refractivity contribution is 0.306. The van der Waals surface area contributed by atoms with Crippen LogP contribution in [0.25, 0.3) is 11.3 Å². The Morgan fingerprint density at radius 2 is 1.75 bits per heavy atom. The molecule has 0 aliphatic rings. The molecule has 6 heteroatoms. The second kappa shape index (κ2) is 11.0. The van der Waals surface area contributed by atoms with Crippen LogP contribution in [0.5, 0.6) is 5.75 Å². The molecule has 4 rings (SSSR count). The third-order valence-corrected chi connectivity index (χ3v) is 4.96.